The van der Waals surface area contributed by atoms with Crippen LogP contribution in [0.3, 0.4) is 0 Å². The number of fused-ring (bicyclic) bond motifs is 1. The fourth-order valence-corrected chi connectivity index (χ4v) is 2.75. The molecule has 0 radical (unpaired) electrons. The Hall–Kier alpha value is -3.59. The Labute approximate surface area is 163 Å². The number of aromatic amines is 1. The molecule has 6 nitrogen and oxygen atoms in total. The van der Waals surface area contributed by atoms with Crippen LogP contribution in [0.25, 0.3) is 22.6 Å². The van der Waals surface area contributed by atoms with Crippen LogP contribution >= 0.6 is 0 Å². The highest BCUT2D eigenvalue weighted by molar-refractivity contribution is 5.89. The zero-order valence-corrected chi connectivity index (χ0v) is 15.9. The maximum absolute atomic E-state index is 12.3. The van der Waals surface area contributed by atoms with Gasteiger partial charge in [-0.15, -0.1) is 0 Å². The van der Waals surface area contributed by atoms with E-state index in [1.54, 1.807) is 30.3 Å². The largest absolute Gasteiger partial charge is 0.490 e. The van der Waals surface area contributed by atoms with Gasteiger partial charge in [0.25, 0.3) is 5.56 Å². The average molecular weight is 375 g/mol. The third-order valence-electron chi connectivity index (χ3n) is 4.03. The molecule has 3 rings (SSSR count). The molecule has 0 spiro atoms. The lowest BCUT2D eigenvalue weighted by Crippen LogP contribution is -2.11. The standard InChI is InChI=1S/C22H21N3O3/c1-3-11-28-19-10-9-15(13-20(19)27-4-2)12-16(14-23)21-24-18-8-6-5-7-17(18)22(26)25-21/h5-10,12-13H,3-4,11H2,1-2H3,(H,24,25,26)/b16-12+. The van der Waals surface area contributed by atoms with Crippen LogP contribution in [0.4, 0.5) is 0 Å². The minimum atomic E-state index is -0.278. The molecule has 142 valence electrons. The minimum absolute atomic E-state index is 0.232. The summed E-state index contributed by atoms with van der Waals surface area (Å²) in [6.07, 6.45) is 2.56. The smallest absolute Gasteiger partial charge is 0.259 e. The van der Waals surface area contributed by atoms with E-state index in [0.717, 1.165) is 12.0 Å². The topological polar surface area (TPSA) is 88.0 Å². The van der Waals surface area contributed by atoms with Crippen molar-refractivity contribution in [3.63, 3.8) is 0 Å². The van der Waals surface area contributed by atoms with Crippen LogP contribution in [0.15, 0.2) is 47.3 Å². The maximum Gasteiger partial charge on any atom is 0.259 e. The van der Waals surface area contributed by atoms with E-state index in [2.05, 4.69) is 16.0 Å². The summed E-state index contributed by atoms with van der Waals surface area (Å²) in [6, 6.07) is 14.6. The first kappa shape index (κ1) is 19.2. The normalized spacial score (nSPS) is 11.2. The van der Waals surface area contributed by atoms with Crippen molar-refractivity contribution in [3.05, 3.63) is 64.2 Å². The first-order valence-electron chi connectivity index (χ1n) is 9.17. The molecule has 6 heteroatoms. The minimum Gasteiger partial charge on any atom is -0.490 e. The van der Waals surface area contributed by atoms with E-state index in [0.29, 0.717) is 35.6 Å². The summed E-state index contributed by atoms with van der Waals surface area (Å²) in [5, 5.41) is 10.1. The van der Waals surface area contributed by atoms with Crippen LogP contribution in [-0.4, -0.2) is 23.2 Å². The molecule has 1 N–H and O–H groups in total. The summed E-state index contributed by atoms with van der Waals surface area (Å²) in [5.41, 5.74) is 1.27. The number of para-hydroxylation sites is 1. The first-order valence-corrected chi connectivity index (χ1v) is 9.17. The molecule has 1 aromatic heterocycles. The number of hydrogen-bond acceptors (Lipinski definition) is 5. The van der Waals surface area contributed by atoms with Gasteiger partial charge in [-0.2, -0.15) is 5.26 Å². The lowest BCUT2D eigenvalue weighted by atomic mass is 10.1. The number of allylic oxidation sites excluding steroid dienone is 1. The molecule has 0 aliphatic carbocycles. The number of rotatable bonds is 7. The lowest BCUT2D eigenvalue weighted by Gasteiger charge is -2.12. The Bertz CT molecular complexity index is 1110. The Morgan fingerprint density at radius 1 is 1.18 bits per heavy atom. The van der Waals surface area contributed by atoms with Crippen molar-refractivity contribution in [2.45, 2.75) is 20.3 Å². The third kappa shape index (κ3) is 4.21. The molecule has 0 fully saturated rings. The monoisotopic (exact) mass is 375 g/mol. The molecule has 2 aromatic carbocycles. The summed E-state index contributed by atoms with van der Waals surface area (Å²) in [4.78, 5) is 19.4. The number of aromatic nitrogens is 2. The zero-order chi connectivity index (χ0) is 19.9. The van der Waals surface area contributed by atoms with Crippen molar-refractivity contribution in [2.75, 3.05) is 13.2 Å². The van der Waals surface area contributed by atoms with Crippen LogP contribution in [0.2, 0.25) is 0 Å². The number of hydrogen-bond donors (Lipinski definition) is 1. The van der Waals surface area contributed by atoms with Gasteiger partial charge in [0.15, 0.2) is 17.3 Å². The fourth-order valence-electron chi connectivity index (χ4n) is 2.75. The molecule has 0 saturated carbocycles. The molecular weight excluding hydrogens is 354 g/mol. The summed E-state index contributed by atoms with van der Waals surface area (Å²) in [6.45, 7) is 5.03. The Balaban J connectivity index is 2.02. The van der Waals surface area contributed by atoms with E-state index < -0.39 is 0 Å². The van der Waals surface area contributed by atoms with Gasteiger partial charge in [0, 0.05) is 0 Å². The number of H-pyrrole nitrogens is 1. The second-order valence-corrected chi connectivity index (χ2v) is 6.09. The highest BCUT2D eigenvalue weighted by Gasteiger charge is 2.10. The second kappa shape index (κ2) is 8.87. The molecular formula is C22H21N3O3. The fraction of sp³-hybridized carbons (Fsp3) is 0.227. The summed E-state index contributed by atoms with van der Waals surface area (Å²) < 4.78 is 11.4. The molecule has 0 atom stereocenters. The first-order chi connectivity index (χ1) is 13.7. The predicted octanol–water partition coefficient (Wildman–Crippen LogP) is 4.17. The number of nitrogens with one attached hydrogen (secondary N) is 1. The zero-order valence-electron chi connectivity index (χ0n) is 15.9. The molecule has 0 aliphatic heterocycles. The quantitative estimate of drug-likeness (QED) is 0.626. The van der Waals surface area contributed by atoms with Gasteiger partial charge in [0.1, 0.15) is 6.07 Å². The molecule has 0 unspecified atom stereocenters. The van der Waals surface area contributed by atoms with E-state index in [4.69, 9.17) is 9.47 Å². The van der Waals surface area contributed by atoms with Gasteiger partial charge >= 0.3 is 0 Å². The number of benzene rings is 2. The molecule has 0 amide bonds. The Morgan fingerprint density at radius 2 is 2.00 bits per heavy atom. The number of nitriles is 1. The third-order valence-corrected chi connectivity index (χ3v) is 4.03. The van der Waals surface area contributed by atoms with Crippen molar-refractivity contribution < 1.29 is 9.47 Å². The summed E-state index contributed by atoms with van der Waals surface area (Å²) in [5.74, 6) is 1.51. The van der Waals surface area contributed by atoms with Gasteiger partial charge in [0.05, 0.1) is 29.7 Å². The van der Waals surface area contributed by atoms with Crippen LogP contribution in [0.5, 0.6) is 11.5 Å². The highest BCUT2D eigenvalue weighted by atomic mass is 16.5. The van der Waals surface area contributed by atoms with Gasteiger partial charge in [-0.3, -0.25) is 4.79 Å². The Kier molecular flexibility index (Phi) is 6.07. The van der Waals surface area contributed by atoms with Crippen LogP contribution in [0.1, 0.15) is 31.7 Å². The van der Waals surface area contributed by atoms with Gasteiger partial charge < -0.3 is 14.5 Å². The van der Waals surface area contributed by atoms with E-state index in [1.165, 1.54) is 0 Å². The van der Waals surface area contributed by atoms with Crippen LogP contribution in [-0.2, 0) is 0 Å². The molecule has 0 saturated heterocycles. The van der Waals surface area contributed by atoms with Crippen LogP contribution < -0.4 is 15.0 Å². The van der Waals surface area contributed by atoms with Crippen molar-refractivity contribution in [3.8, 4) is 17.6 Å². The molecule has 1 heterocycles. The molecule has 28 heavy (non-hydrogen) atoms. The number of ether oxygens (including phenoxy) is 2. The van der Waals surface area contributed by atoms with Crippen molar-refractivity contribution >= 4 is 22.6 Å². The van der Waals surface area contributed by atoms with E-state index in [-0.39, 0.29) is 17.0 Å². The predicted molar refractivity (Wildman–Crippen MR) is 109 cm³/mol. The molecule has 0 aliphatic rings. The van der Waals surface area contributed by atoms with Gasteiger partial charge in [-0.1, -0.05) is 25.1 Å². The molecule has 3 aromatic rings. The van der Waals surface area contributed by atoms with Gasteiger partial charge in [0.2, 0.25) is 0 Å². The average Bonchev–Trinajstić information content (AvgIpc) is 2.71. The second-order valence-electron chi connectivity index (χ2n) is 6.09. The highest BCUT2D eigenvalue weighted by Crippen LogP contribution is 2.30. The van der Waals surface area contributed by atoms with Crippen molar-refractivity contribution in [1.29, 1.82) is 5.26 Å². The summed E-state index contributed by atoms with van der Waals surface area (Å²) >= 11 is 0. The Morgan fingerprint density at radius 3 is 2.75 bits per heavy atom. The van der Waals surface area contributed by atoms with Gasteiger partial charge in [-0.05, 0) is 49.2 Å². The van der Waals surface area contributed by atoms with E-state index in [1.807, 2.05) is 32.0 Å². The SMILES string of the molecule is CCCOc1ccc(/C=C(\C#N)c2nc3ccccc3c(=O)[nH]2)cc1OCC. The summed E-state index contributed by atoms with van der Waals surface area (Å²) in [7, 11) is 0. The van der Waals surface area contributed by atoms with Crippen molar-refractivity contribution in [2.24, 2.45) is 0 Å². The molecule has 0 bridgehead atoms. The van der Waals surface area contributed by atoms with Gasteiger partial charge in [-0.25, -0.2) is 4.98 Å². The maximum atomic E-state index is 12.3. The van der Waals surface area contributed by atoms with Crippen molar-refractivity contribution in [1.82, 2.24) is 9.97 Å². The van der Waals surface area contributed by atoms with E-state index >= 15 is 0 Å². The number of nitrogens with zero attached hydrogens (tertiary/aromatic N) is 2. The lowest BCUT2D eigenvalue weighted by molar-refractivity contribution is 0.277. The van der Waals surface area contributed by atoms with E-state index in [9.17, 15) is 10.1 Å². The van der Waals surface area contributed by atoms with Crippen LogP contribution in [0, 0.1) is 11.3 Å².